The molecule has 1 aromatic heterocycles. The molecule has 1 aromatic carbocycles. The van der Waals surface area contributed by atoms with Crippen molar-refractivity contribution in [3.63, 3.8) is 0 Å². The van der Waals surface area contributed by atoms with Gasteiger partial charge >= 0.3 is 0 Å². The van der Waals surface area contributed by atoms with E-state index in [-0.39, 0.29) is 24.1 Å². The summed E-state index contributed by atoms with van der Waals surface area (Å²) in [4.78, 5) is 12.9. The Balaban J connectivity index is 0.00000192. The molecule has 0 atom stereocenters. The molecule has 1 saturated heterocycles. The number of hydrogen-bond acceptors (Lipinski definition) is 3. The molecule has 0 saturated carbocycles. The maximum absolute atomic E-state index is 13.4. The van der Waals surface area contributed by atoms with Crippen molar-refractivity contribution in [1.82, 2.24) is 15.1 Å². The van der Waals surface area contributed by atoms with Crippen LogP contribution in [-0.2, 0) is 10.3 Å². The Morgan fingerprint density at radius 3 is 2.78 bits per heavy atom. The number of carbonyl (C=O) groups is 1. The molecule has 3 rings (SSSR count). The summed E-state index contributed by atoms with van der Waals surface area (Å²) in [6.45, 7) is 3.34. The summed E-state index contributed by atoms with van der Waals surface area (Å²) in [6.07, 6.45) is 4.78. The number of hydrogen-bond donors (Lipinski definition) is 2. The molecule has 2 heterocycles. The lowest BCUT2D eigenvalue weighted by molar-refractivity contribution is -0.126. The van der Waals surface area contributed by atoms with E-state index < -0.39 is 5.54 Å². The van der Waals surface area contributed by atoms with Crippen LogP contribution < -0.4 is 10.6 Å². The zero-order valence-corrected chi connectivity index (χ0v) is 13.7. The van der Waals surface area contributed by atoms with Crippen LogP contribution in [0, 0.1) is 12.7 Å². The van der Waals surface area contributed by atoms with Gasteiger partial charge in [-0.3, -0.25) is 9.48 Å². The topological polar surface area (TPSA) is 59.0 Å². The third kappa shape index (κ3) is 3.38. The predicted molar refractivity (Wildman–Crippen MR) is 89.3 cm³/mol. The number of halogens is 2. The summed E-state index contributed by atoms with van der Waals surface area (Å²) in [6, 6.07) is 6.21. The first kappa shape index (κ1) is 17.4. The molecule has 0 aliphatic carbocycles. The zero-order chi connectivity index (χ0) is 15.6. The molecular formula is C16H20ClFN4O. The minimum atomic E-state index is -0.729. The molecule has 1 aliphatic rings. The van der Waals surface area contributed by atoms with Gasteiger partial charge < -0.3 is 10.6 Å². The quantitative estimate of drug-likeness (QED) is 0.904. The molecule has 23 heavy (non-hydrogen) atoms. The van der Waals surface area contributed by atoms with E-state index in [0.717, 1.165) is 18.7 Å². The highest BCUT2D eigenvalue weighted by Crippen LogP contribution is 2.29. The van der Waals surface area contributed by atoms with Crippen LogP contribution in [0.3, 0.4) is 0 Å². The predicted octanol–water partition coefficient (Wildman–Crippen LogP) is 2.47. The third-order valence-corrected chi connectivity index (χ3v) is 4.24. The summed E-state index contributed by atoms with van der Waals surface area (Å²) < 4.78 is 15.1. The maximum Gasteiger partial charge on any atom is 0.252 e. The smallest absolute Gasteiger partial charge is 0.252 e. The molecule has 0 bridgehead atoms. The number of amides is 1. The molecule has 2 aromatic rings. The minimum absolute atomic E-state index is 0. The van der Waals surface area contributed by atoms with Crippen LogP contribution in [0.4, 0.5) is 10.1 Å². The van der Waals surface area contributed by atoms with Crippen LogP contribution >= 0.6 is 12.4 Å². The largest absolute Gasteiger partial charge is 0.324 e. The van der Waals surface area contributed by atoms with Crippen LogP contribution in [0.15, 0.2) is 36.7 Å². The van der Waals surface area contributed by atoms with Gasteiger partial charge in [0.15, 0.2) is 0 Å². The normalized spacial score (nSPS) is 16.4. The van der Waals surface area contributed by atoms with Gasteiger partial charge in [-0.25, -0.2) is 4.39 Å². The van der Waals surface area contributed by atoms with E-state index in [1.54, 1.807) is 16.9 Å². The monoisotopic (exact) mass is 338 g/mol. The van der Waals surface area contributed by atoms with Crippen molar-refractivity contribution in [3.8, 4) is 0 Å². The Morgan fingerprint density at radius 2 is 2.13 bits per heavy atom. The number of aryl methyl sites for hydroxylation is 1. The van der Waals surface area contributed by atoms with Crippen molar-refractivity contribution in [2.24, 2.45) is 0 Å². The van der Waals surface area contributed by atoms with Crippen molar-refractivity contribution in [2.45, 2.75) is 25.3 Å². The molecule has 0 unspecified atom stereocenters. The zero-order valence-electron chi connectivity index (χ0n) is 12.9. The van der Waals surface area contributed by atoms with Crippen molar-refractivity contribution >= 4 is 24.0 Å². The van der Waals surface area contributed by atoms with Gasteiger partial charge in [-0.1, -0.05) is 6.07 Å². The summed E-state index contributed by atoms with van der Waals surface area (Å²) in [5, 5.41) is 10.4. The Morgan fingerprint density at radius 1 is 1.39 bits per heavy atom. The van der Waals surface area contributed by atoms with E-state index >= 15 is 0 Å². The van der Waals surface area contributed by atoms with Crippen LogP contribution in [-0.4, -0.2) is 28.8 Å². The average Bonchev–Trinajstić information content (AvgIpc) is 3.06. The number of nitrogens with zero attached hydrogens (tertiary/aromatic N) is 2. The maximum atomic E-state index is 13.4. The van der Waals surface area contributed by atoms with Gasteiger partial charge in [0.25, 0.3) is 5.91 Å². The fourth-order valence-corrected chi connectivity index (χ4v) is 2.89. The summed E-state index contributed by atoms with van der Waals surface area (Å²) in [7, 11) is 0. The second-order valence-electron chi connectivity index (χ2n) is 5.65. The highest BCUT2D eigenvalue weighted by Gasteiger charge is 2.42. The molecule has 1 fully saturated rings. The number of rotatable bonds is 3. The Hall–Kier alpha value is -1.92. The van der Waals surface area contributed by atoms with Crippen LogP contribution in [0.2, 0.25) is 0 Å². The number of benzene rings is 1. The Labute approximate surface area is 140 Å². The number of carbonyl (C=O) groups excluding carboxylic acids is 1. The van der Waals surface area contributed by atoms with Gasteiger partial charge in [0.05, 0.1) is 0 Å². The van der Waals surface area contributed by atoms with Crippen LogP contribution in [0.5, 0.6) is 0 Å². The lowest BCUT2D eigenvalue weighted by atomic mass is 9.87. The van der Waals surface area contributed by atoms with Crippen molar-refractivity contribution in [2.75, 3.05) is 18.4 Å². The van der Waals surface area contributed by atoms with Crippen LogP contribution in [0.25, 0.3) is 0 Å². The number of nitrogens with one attached hydrogen (secondary N) is 2. The van der Waals surface area contributed by atoms with E-state index in [1.807, 2.05) is 19.2 Å². The molecule has 124 valence electrons. The van der Waals surface area contributed by atoms with E-state index in [1.165, 1.54) is 12.1 Å². The van der Waals surface area contributed by atoms with E-state index in [9.17, 15) is 9.18 Å². The van der Waals surface area contributed by atoms with Gasteiger partial charge in [-0.15, -0.1) is 12.4 Å². The standard InChI is InChI=1S/C16H19FN4O.ClH/c1-12-3-4-13(17)11-14(12)20-15(22)16(5-8-18-9-6-16)21-10-2-7-19-21;/h2-4,7,10-11,18H,5-6,8-9H2,1H3,(H,20,22);1H. The van der Waals surface area contributed by atoms with Crippen molar-refractivity contribution < 1.29 is 9.18 Å². The molecular weight excluding hydrogens is 319 g/mol. The molecule has 1 amide bonds. The third-order valence-electron chi connectivity index (χ3n) is 4.24. The second kappa shape index (κ2) is 7.10. The molecule has 1 aliphatic heterocycles. The molecule has 5 nitrogen and oxygen atoms in total. The SMILES string of the molecule is Cc1ccc(F)cc1NC(=O)C1(n2cccn2)CCNCC1.Cl. The summed E-state index contributed by atoms with van der Waals surface area (Å²) in [5.41, 5.74) is 0.613. The van der Waals surface area contributed by atoms with Gasteiger partial charge in [0.2, 0.25) is 0 Å². The average molecular weight is 339 g/mol. The lowest BCUT2D eigenvalue weighted by Crippen LogP contribution is -2.52. The first-order valence-corrected chi connectivity index (χ1v) is 7.40. The van der Waals surface area contributed by atoms with Gasteiger partial charge in [0.1, 0.15) is 11.4 Å². The minimum Gasteiger partial charge on any atom is -0.324 e. The fraction of sp³-hybridized carbons (Fsp3) is 0.375. The Bertz CT molecular complexity index is 669. The number of piperidine rings is 1. The first-order chi connectivity index (χ1) is 10.6. The Kier molecular flexibility index (Phi) is 5.38. The van der Waals surface area contributed by atoms with E-state index in [4.69, 9.17) is 0 Å². The van der Waals surface area contributed by atoms with Crippen molar-refractivity contribution in [3.05, 3.63) is 48.0 Å². The molecule has 0 radical (unpaired) electrons. The van der Waals surface area contributed by atoms with Crippen LogP contribution in [0.1, 0.15) is 18.4 Å². The lowest BCUT2D eigenvalue weighted by Gasteiger charge is -2.36. The number of anilines is 1. The summed E-state index contributed by atoms with van der Waals surface area (Å²) in [5.74, 6) is -0.509. The summed E-state index contributed by atoms with van der Waals surface area (Å²) >= 11 is 0. The highest BCUT2D eigenvalue weighted by molar-refractivity contribution is 5.97. The molecule has 2 N–H and O–H groups in total. The van der Waals surface area contributed by atoms with E-state index in [0.29, 0.717) is 18.5 Å². The fourth-order valence-electron chi connectivity index (χ4n) is 2.89. The highest BCUT2D eigenvalue weighted by atomic mass is 35.5. The molecule has 7 heteroatoms. The first-order valence-electron chi connectivity index (χ1n) is 7.40. The van der Waals surface area contributed by atoms with E-state index in [2.05, 4.69) is 15.7 Å². The number of aromatic nitrogens is 2. The molecule has 0 spiro atoms. The second-order valence-corrected chi connectivity index (χ2v) is 5.65. The van der Waals surface area contributed by atoms with Gasteiger partial charge in [-0.05, 0) is 56.6 Å². The van der Waals surface area contributed by atoms with Gasteiger partial charge in [-0.2, -0.15) is 5.10 Å². The van der Waals surface area contributed by atoms with Gasteiger partial charge in [0, 0.05) is 18.1 Å². The van der Waals surface area contributed by atoms with Crippen molar-refractivity contribution in [1.29, 1.82) is 0 Å².